The Balaban J connectivity index is 2.82. The molecular formula is C11H15NO2. The number of rotatable bonds is 4. The lowest BCUT2D eigenvalue weighted by atomic mass is 10.0. The molecule has 0 aromatic heterocycles. The SMILES string of the molecule is C=CCC[C@H](N)c1cc(O)ccc1O. The van der Waals surface area contributed by atoms with Gasteiger partial charge in [0, 0.05) is 11.6 Å². The highest BCUT2D eigenvalue weighted by Crippen LogP contribution is 2.28. The maximum Gasteiger partial charge on any atom is 0.120 e. The van der Waals surface area contributed by atoms with E-state index < -0.39 is 0 Å². The summed E-state index contributed by atoms with van der Waals surface area (Å²) in [5.74, 6) is 0.242. The molecule has 1 rings (SSSR count). The minimum Gasteiger partial charge on any atom is -0.508 e. The molecule has 0 amide bonds. The van der Waals surface area contributed by atoms with Gasteiger partial charge in [-0.3, -0.25) is 0 Å². The summed E-state index contributed by atoms with van der Waals surface area (Å²) < 4.78 is 0. The van der Waals surface area contributed by atoms with E-state index >= 15 is 0 Å². The first-order chi connectivity index (χ1) is 6.65. The number of benzene rings is 1. The summed E-state index contributed by atoms with van der Waals surface area (Å²) in [6.45, 7) is 3.60. The van der Waals surface area contributed by atoms with Gasteiger partial charge in [0.25, 0.3) is 0 Å². The van der Waals surface area contributed by atoms with Gasteiger partial charge in [-0.25, -0.2) is 0 Å². The van der Waals surface area contributed by atoms with E-state index in [0.29, 0.717) is 12.0 Å². The fourth-order valence-electron chi connectivity index (χ4n) is 1.29. The lowest BCUT2D eigenvalue weighted by Crippen LogP contribution is -2.09. The van der Waals surface area contributed by atoms with Crippen molar-refractivity contribution in [1.82, 2.24) is 0 Å². The smallest absolute Gasteiger partial charge is 0.120 e. The Labute approximate surface area is 83.5 Å². The Kier molecular flexibility index (Phi) is 3.54. The normalized spacial score (nSPS) is 12.4. The standard InChI is InChI=1S/C11H15NO2/c1-2-3-4-10(12)9-7-8(13)5-6-11(9)14/h2,5-7,10,13-14H,1,3-4,12H2/t10-/m0/s1. The minimum absolute atomic E-state index is 0.117. The number of allylic oxidation sites excluding steroid dienone is 1. The van der Waals surface area contributed by atoms with Gasteiger partial charge in [0.05, 0.1) is 0 Å². The lowest BCUT2D eigenvalue weighted by molar-refractivity contribution is 0.446. The van der Waals surface area contributed by atoms with Crippen LogP contribution in [-0.2, 0) is 0 Å². The zero-order valence-corrected chi connectivity index (χ0v) is 7.98. The molecule has 76 valence electrons. The monoisotopic (exact) mass is 193 g/mol. The van der Waals surface area contributed by atoms with Crippen molar-refractivity contribution >= 4 is 0 Å². The van der Waals surface area contributed by atoms with Gasteiger partial charge in [0.1, 0.15) is 11.5 Å². The van der Waals surface area contributed by atoms with Gasteiger partial charge < -0.3 is 15.9 Å². The van der Waals surface area contributed by atoms with Crippen molar-refractivity contribution in [2.45, 2.75) is 18.9 Å². The quantitative estimate of drug-likeness (QED) is 0.506. The van der Waals surface area contributed by atoms with Crippen LogP contribution in [0, 0.1) is 0 Å². The molecule has 0 aliphatic carbocycles. The predicted molar refractivity (Wildman–Crippen MR) is 56.1 cm³/mol. The summed E-state index contributed by atoms with van der Waals surface area (Å²) in [5, 5.41) is 18.7. The number of phenols is 2. The van der Waals surface area contributed by atoms with Gasteiger partial charge in [-0.2, -0.15) is 0 Å². The van der Waals surface area contributed by atoms with Crippen LogP contribution in [0.5, 0.6) is 11.5 Å². The van der Waals surface area contributed by atoms with Crippen LogP contribution < -0.4 is 5.73 Å². The van der Waals surface area contributed by atoms with Crippen molar-refractivity contribution in [3.8, 4) is 11.5 Å². The van der Waals surface area contributed by atoms with Crippen LogP contribution in [0.3, 0.4) is 0 Å². The molecule has 1 aromatic rings. The van der Waals surface area contributed by atoms with Crippen LogP contribution in [0.25, 0.3) is 0 Å². The van der Waals surface area contributed by atoms with Crippen LogP contribution in [0.2, 0.25) is 0 Å². The first kappa shape index (κ1) is 10.6. The van der Waals surface area contributed by atoms with E-state index in [1.807, 2.05) is 0 Å². The van der Waals surface area contributed by atoms with E-state index in [4.69, 9.17) is 5.73 Å². The second kappa shape index (κ2) is 4.67. The van der Waals surface area contributed by atoms with Crippen LogP contribution in [0.15, 0.2) is 30.9 Å². The van der Waals surface area contributed by atoms with Gasteiger partial charge in [-0.05, 0) is 31.0 Å². The number of hydrogen-bond acceptors (Lipinski definition) is 3. The molecule has 0 radical (unpaired) electrons. The summed E-state index contributed by atoms with van der Waals surface area (Å²) in [5.41, 5.74) is 6.41. The highest BCUT2D eigenvalue weighted by molar-refractivity contribution is 5.40. The van der Waals surface area contributed by atoms with Gasteiger partial charge in [0.15, 0.2) is 0 Å². The van der Waals surface area contributed by atoms with Crippen LogP contribution in [-0.4, -0.2) is 10.2 Å². The van der Waals surface area contributed by atoms with Gasteiger partial charge in [-0.15, -0.1) is 6.58 Å². The summed E-state index contributed by atoms with van der Waals surface area (Å²) in [6, 6.07) is 4.10. The van der Waals surface area contributed by atoms with Crippen molar-refractivity contribution < 1.29 is 10.2 Å². The van der Waals surface area contributed by atoms with E-state index in [1.54, 1.807) is 6.08 Å². The first-order valence-electron chi connectivity index (χ1n) is 4.53. The Morgan fingerprint density at radius 1 is 1.43 bits per heavy atom. The molecule has 0 saturated carbocycles. The number of phenolic OH excluding ortho intramolecular Hbond substituents is 2. The maximum absolute atomic E-state index is 9.49. The second-order valence-electron chi connectivity index (χ2n) is 3.22. The average molecular weight is 193 g/mol. The van der Waals surface area contributed by atoms with E-state index in [0.717, 1.165) is 6.42 Å². The molecule has 1 atom stereocenters. The molecule has 0 bridgehead atoms. The molecule has 0 saturated heterocycles. The zero-order chi connectivity index (χ0) is 10.6. The second-order valence-corrected chi connectivity index (χ2v) is 3.22. The largest absolute Gasteiger partial charge is 0.508 e. The molecule has 0 aliphatic heterocycles. The summed E-state index contributed by atoms with van der Waals surface area (Å²) in [4.78, 5) is 0. The van der Waals surface area contributed by atoms with Crippen molar-refractivity contribution in [2.75, 3.05) is 0 Å². The van der Waals surface area contributed by atoms with Gasteiger partial charge in [0.2, 0.25) is 0 Å². The van der Waals surface area contributed by atoms with Crippen LogP contribution >= 0.6 is 0 Å². The lowest BCUT2D eigenvalue weighted by Gasteiger charge is -2.12. The third-order valence-corrected chi connectivity index (χ3v) is 2.09. The van der Waals surface area contributed by atoms with Crippen LogP contribution in [0.4, 0.5) is 0 Å². The molecule has 1 aromatic carbocycles. The minimum atomic E-state index is -0.264. The zero-order valence-electron chi connectivity index (χ0n) is 7.98. The Morgan fingerprint density at radius 3 is 2.79 bits per heavy atom. The Morgan fingerprint density at radius 2 is 2.14 bits per heavy atom. The molecule has 3 heteroatoms. The first-order valence-corrected chi connectivity index (χ1v) is 4.53. The molecule has 14 heavy (non-hydrogen) atoms. The molecule has 0 unspecified atom stereocenters. The predicted octanol–water partition coefficient (Wildman–Crippen LogP) is 2.06. The maximum atomic E-state index is 9.49. The van der Waals surface area contributed by atoms with Crippen molar-refractivity contribution in [3.63, 3.8) is 0 Å². The Hall–Kier alpha value is -1.48. The number of nitrogens with two attached hydrogens (primary N) is 1. The third-order valence-electron chi connectivity index (χ3n) is 2.09. The molecule has 3 nitrogen and oxygen atoms in total. The third kappa shape index (κ3) is 2.50. The van der Waals surface area contributed by atoms with Crippen molar-refractivity contribution in [1.29, 1.82) is 0 Å². The van der Waals surface area contributed by atoms with Crippen molar-refractivity contribution in [3.05, 3.63) is 36.4 Å². The van der Waals surface area contributed by atoms with Gasteiger partial charge in [-0.1, -0.05) is 6.08 Å². The van der Waals surface area contributed by atoms with E-state index in [1.165, 1.54) is 18.2 Å². The van der Waals surface area contributed by atoms with E-state index in [2.05, 4.69) is 6.58 Å². The molecule has 0 heterocycles. The highest BCUT2D eigenvalue weighted by atomic mass is 16.3. The summed E-state index contributed by atoms with van der Waals surface area (Å²) >= 11 is 0. The highest BCUT2D eigenvalue weighted by Gasteiger charge is 2.10. The van der Waals surface area contributed by atoms with E-state index in [-0.39, 0.29) is 17.5 Å². The number of hydrogen-bond donors (Lipinski definition) is 3. The Bertz CT molecular complexity index is 323. The molecule has 0 aliphatic rings. The van der Waals surface area contributed by atoms with Gasteiger partial charge >= 0.3 is 0 Å². The molecule has 4 N–H and O–H groups in total. The molecular weight excluding hydrogens is 178 g/mol. The topological polar surface area (TPSA) is 66.5 Å². The van der Waals surface area contributed by atoms with Crippen molar-refractivity contribution in [2.24, 2.45) is 5.73 Å². The summed E-state index contributed by atoms with van der Waals surface area (Å²) in [6.07, 6.45) is 3.27. The molecule has 0 fully saturated rings. The van der Waals surface area contributed by atoms with Crippen LogP contribution in [0.1, 0.15) is 24.4 Å². The summed E-state index contributed by atoms with van der Waals surface area (Å²) in [7, 11) is 0. The fraction of sp³-hybridized carbons (Fsp3) is 0.273. The molecule has 0 spiro atoms. The average Bonchev–Trinajstić information content (AvgIpc) is 2.18. The van der Waals surface area contributed by atoms with E-state index in [9.17, 15) is 10.2 Å². The number of aromatic hydroxyl groups is 2. The fourth-order valence-corrected chi connectivity index (χ4v) is 1.29.